The van der Waals surface area contributed by atoms with Gasteiger partial charge < -0.3 is 15.2 Å². The predicted molar refractivity (Wildman–Crippen MR) is 72.8 cm³/mol. The van der Waals surface area contributed by atoms with Gasteiger partial charge in [0.15, 0.2) is 16.7 Å². The highest BCUT2D eigenvalue weighted by molar-refractivity contribution is 7.80. The maximum Gasteiger partial charge on any atom is 0.176 e. The van der Waals surface area contributed by atoms with Crippen molar-refractivity contribution in [2.24, 2.45) is 0 Å². The van der Waals surface area contributed by atoms with Gasteiger partial charge >= 0.3 is 0 Å². The summed E-state index contributed by atoms with van der Waals surface area (Å²) in [4.78, 5) is 11.1. The number of thiocarbonyl (C=S) groups is 1. The number of nitrogens with zero attached hydrogens (tertiary/aromatic N) is 1. The summed E-state index contributed by atoms with van der Waals surface area (Å²) in [6.07, 6.45) is 1.45. The van der Waals surface area contributed by atoms with Crippen molar-refractivity contribution in [3.8, 4) is 0 Å². The van der Waals surface area contributed by atoms with Crippen molar-refractivity contribution in [3.05, 3.63) is 42.2 Å². The van der Waals surface area contributed by atoms with E-state index in [9.17, 15) is 4.79 Å². The van der Waals surface area contributed by atoms with Crippen LogP contribution < -0.4 is 10.6 Å². The Balaban J connectivity index is 1.97. The second-order valence-electron chi connectivity index (χ2n) is 3.60. The summed E-state index contributed by atoms with van der Waals surface area (Å²) in [5.74, 6) is 0.567. The summed E-state index contributed by atoms with van der Waals surface area (Å²) in [5, 5.41) is 9.91. The zero-order valence-electron chi connectivity index (χ0n) is 9.64. The summed E-state index contributed by atoms with van der Waals surface area (Å²) in [6.45, 7) is 1.53. The van der Waals surface area contributed by atoms with Gasteiger partial charge in [-0.1, -0.05) is 5.16 Å². The summed E-state index contributed by atoms with van der Waals surface area (Å²) in [6, 6.07) is 8.71. The number of nitrogens with one attached hydrogen (secondary N) is 2. The van der Waals surface area contributed by atoms with Crippen LogP contribution in [-0.4, -0.2) is 16.1 Å². The smallest absolute Gasteiger partial charge is 0.176 e. The molecule has 1 aromatic carbocycles. The normalized spacial score (nSPS) is 9.83. The molecule has 18 heavy (non-hydrogen) atoms. The number of carbonyl (C=O) groups excluding carboxylic acids is 1. The second-order valence-corrected chi connectivity index (χ2v) is 4.01. The molecule has 2 aromatic rings. The highest BCUT2D eigenvalue weighted by Crippen LogP contribution is 2.11. The number of carbonyl (C=O) groups is 1. The molecule has 0 aliphatic rings. The SMILES string of the molecule is CC(=O)c1ccc(NC(=S)Nc2ccon2)cc1. The minimum absolute atomic E-state index is 0.0323. The third-order valence-electron chi connectivity index (χ3n) is 2.23. The average molecular weight is 261 g/mol. The van der Waals surface area contributed by atoms with Crippen molar-refractivity contribution < 1.29 is 9.32 Å². The molecule has 92 valence electrons. The molecule has 0 saturated heterocycles. The Morgan fingerprint density at radius 2 is 1.94 bits per heavy atom. The van der Waals surface area contributed by atoms with Crippen molar-refractivity contribution in [3.63, 3.8) is 0 Å². The lowest BCUT2D eigenvalue weighted by molar-refractivity contribution is 0.101. The number of hydrogen-bond donors (Lipinski definition) is 2. The molecular weight excluding hydrogens is 250 g/mol. The summed E-state index contributed by atoms with van der Waals surface area (Å²) >= 11 is 5.10. The summed E-state index contributed by atoms with van der Waals surface area (Å²) in [5.41, 5.74) is 1.46. The van der Waals surface area contributed by atoms with Crippen LogP contribution in [0, 0.1) is 0 Å². The van der Waals surface area contributed by atoms with E-state index in [0.717, 1.165) is 5.69 Å². The molecule has 0 spiro atoms. The fourth-order valence-electron chi connectivity index (χ4n) is 1.34. The largest absolute Gasteiger partial charge is 0.363 e. The topological polar surface area (TPSA) is 67.2 Å². The quantitative estimate of drug-likeness (QED) is 0.654. The van der Waals surface area contributed by atoms with Gasteiger partial charge in [0.25, 0.3) is 0 Å². The van der Waals surface area contributed by atoms with Crippen molar-refractivity contribution >= 4 is 34.6 Å². The van der Waals surface area contributed by atoms with E-state index in [0.29, 0.717) is 16.5 Å². The highest BCUT2D eigenvalue weighted by Gasteiger charge is 2.02. The molecule has 0 aliphatic heterocycles. The maximum absolute atomic E-state index is 11.1. The number of Topliss-reactive ketones (excluding diaryl/α,β-unsaturated/α-hetero) is 1. The van der Waals surface area contributed by atoms with Crippen LogP contribution in [0.4, 0.5) is 11.5 Å². The Kier molecular flexibility index (Phi) is 3.69. The van der Waals surface area contributed by atoms with E-state index >= 15 is 0 Å². The Morgan fingerprint density at radius 3 is 2.50 bits per heavy atom. The third-order valence-corrected chi connectivity index (χ3v) is 2.43. The molecule has 1 heterocycles. The molecule has 0 atom stereocenters. The van der Waals surface area contributed by atoms with Gasteiger partial charge in [-0.15, -0.1) is 0 Å². The zero-order chi connectivity index (χ0) is 13.0. The van der Waals surface area contributed by atoms with Gasteiger partial charge in [-0.3, -0.25) is 4.79 Å². The van der Waals surface area contributed by atoms with Gasteiger partial charge in [-0.2, -0.15) is 0 Å². The molecule has 0 aliphatic carbocycles. The van der Waals surface area contributed by atoms with Gasteiger partial charge in [-0.25, -0.2) is 0 Å². The Morgan fingerprint density at radius 1 is 1.22 bits per heavy atom. The van der Waals surface area contributed by atoms with Gasteiger partial charge in [0.2, 0.25) is 0 Å². The van der Waals surface area contributed by atoms with Crippen LogP contribution in [0.25, 0.3) is 0 Å². The van der Waals surface area contributed by atoms with Crippen LogP contribution in [-0.2, 0) is 0 Å². The van der Waals surface area contributed by atoms with E-state index in [2.05, 4.69) is 20.3 Å². The number of benzene rings is 1. The van der Waals surface area contributed by atoms with E-state index in [1.807, 2.05) is 0 Å². The Bertz CT molecular complexity index is 549. The minimum Gasteiger partial charge on any atom is -0.363 e. The molecule has 0 bridgehead atoms. The van der Waals surface area contributed by atoms with E-state index in [4.69, 9.17) is 12.2 Å². The molecule has 5 nitrogen and oxygen atoms in total. The molecule has 0 amide bonds. The maximum atomic E-state index is 11.1. The van der Waals surface area contributed by atoms with Crippen molar-refractivity contribution in [1.82, 2.24) is 5.16 Å². The molecule has 0 saturated carbocycles. The highest BCUT2D eigenvalue weighted by atomic mass is 32.1. The first-order valence-corrected chi connectivity index (χ1v) is 5.65. The van der Waals surface area contributed by atoms with E-state index in [1.165, 1.54) is 13.2 Å². The minimum atomic E-state index is 0.0323. The van der Waals surface area contributed by atoms with Gasteiger partial charge in [-0.05, 0) is 43.4 Å². The molecule has 0 fully saturated rings. The molecule has 0 unspecified atom stereocenters. The fourth-order valence-corrected chi connectivity index (χ4v) is 1.57. The summed E-state index contributed by atoms with van der Waals surface area (Å²) in [7, 11) is 0. The number of ketones is 1. The predicted octanol–water partition coefficient (Wildman–Crippen LogP) is 2.69. The molecule has 1 aromatic heterocycles. The monoisotopic (exact) mass is 261 g/mol. The summed E-state index contributed by atoms with van der Waals surface area (Å²) < 4.78 is 4.67. The first kappa shape index (κ1) is 12.3. The standard InChI is InChI=1S/C12H11N3O2S/c1-8(16)9-2-4-10(5-3-9)13-12(18)14-11-6-7-17-15-11/h2-7H,1H3,(H2,13,14,15,18). The van der Waals surface area contributed by atoms with Gasteiger partial charge in [0.1, 0.15) is 6.26 Å². The number of hydrogen-bond acceptors (Lipinski definition) is 4. The molecule has 0 radical (unpaired) electrons. The number of rotatable bonds is 3. The lowest BCUT2D eigenvalue weighted by atomic mass is 10.1. The first-order valence-electron chi connectivity index (χ1n) is 5.24. The third kappa shape index (κ3) is 3.14. The van der Waals surface area contributed by atoms with Crippen LogP contribution in [0.5, 0.6) is 0 Å². The van der Waals surface area contributed by atoms with Crippen molar-refractivity contribution in [2.45, 2.75) is 6.92 Å². The van der Waals surface area contributed by atoms with Gasteiger partial charge in [0.05, 0.1) is 0 Å². The molecular formula is C12H11N3O2S. The first-order chi connectivity index (χ1) is 8.65. The zero-order valence-corrected chi connectivity index (χ0v) is 10.5. The molecule has 2 N–H and O–H groups in total. The van der Waals surface area contributed by atoms with Crippen LogP contribution in [0.1, 0.15) is 17.3 Å². The number of anilines is 2. The molecule has 6 heteroatoms. The van der Waals surface area contributed by atoms with E-state index in [1.54, 1.807) is 30.3 Å². The van der Waals surface area contributed by atoms with Gasteiger partial charge in [0, 0.05) is 17.3 Å². The van der Waals surface area contributed by atoms with E-state index in [-0.39, 0.29) is 5.78 Å². The second kappa shape index (κ2) is 5.42. The van der Waals surface area contributed by atoms with Crippen molar-refractivity contribution in [2.75, 3.05) is 10.6 Å². The van der Waals surface area contributed by atoms with Crippen molar-refractivity contribution in [1.29, 1.82) is 0 Å². The fraction of sp³-hybridized carbons (Fsp3) is 0.0833. The van der Waals surface area contributed by atoms with Crippen LogP contribution >= 0.6 is 12.2 Å². The average Bonchev–Trinajstić information content (AvgIpc) is 2.82. The van der Waals surface area contributed by atoms with E-state index < -0.39 is 0 Å². The van der Waals surface area contributed by atoms with Crippen LogP contribution in [0.2, 0.25) is 0 Å². The Hall–Kier alpha value is -2.21. The Labute approximate surface area is 109 Å². The van der Waals surface area contributed by atoms with Crippen LogP contribution in [0.15, 0.2) is 41.1 Å². The lowest BCUT2D eigenvalue weighted by Gasteiger charge is -2.08. The van der Waals surface area contributed by atoms with Crippen LogP contribution in [0.3, 0.4) is 0 Å². The molecule has 2 rings (SSSR count). The number of aromatic nitrogens is 1. The lowest BCUT2D eigenvalue weighted by Crippen LogP contribution is -2.19.